The maximum Gasteiger partial charge on any atom is 0.240 e. The number of H-pyrrole nitrogens is 1. The lowest BCUT2D eigenvalue weighted by Gasteiger charge is -2.31. The number of piperidine rings is 1. The molecule has 6 nitrogen and oxygen atoms in total. The van der Waals surface area contributed by atoms with Gasteiger partial charge in [0.2, 0.25) is 5.91 Å². The number of carbonyl (C=O) groups excluding carboxylic acids is 1. The monoisotopic (exact) mass is 401 g/mol. The van der Waals surface area contributed by atoms with Crippen molar-refractivity contribution in [2.75, 3.05) is 13.1 Å². The Morgan fingerprint density at radius 3 is 2.89 bits per heavy atom. The lowest BCUT2D eigenvalue weighted by atomic mass is 9.99. The molecular formula is C21H31N5OS. The Bertz CT molecular complexity index is 843. The molecule has 2 N–H and O–H groups in total. The zero-order chi connectivity index (χ0) is 19.9. The van der Waals surface area contributed by atoms with Crippen LogP contribution in [0.5, 0.6) is 0 Å². The van der Waals surface area contributed by atoms with Crippen LogP contribution < -0.4 is 5.32 Å². The fourth-order valence-corrected chi connectivity index (χ4v) is 4.09. The summed E-state index contributed by atoms with van der Waals surface area (Å²) in [6, 6.07) is 8.40. The van der Waals surface area contributed by atoms with Gasteiger partial charge in [-0.25, -0.2) is 0 Å². The number of benzene rings is 1. The van der Waals surface area contributed by atoms with E-state index in [4.69, 9.17) is 12.2 Å². The third-order valence-corrected chi connectivity index (χ3v) is 5.65. The molecule has 1 aliphatic rings. The highest BCUT2D eigenvalue weighted by molar-refractivity contribution is 7.71. The quantitative estimate of drug-likeness (QED) is 0.665. The third-order valence-electron chi connectivity index (χ3n) is 5.34. The minimum absolute atomic E-state index is 0.0451. The van der Waals surface area contributed by atoms with Crippen molar-refractivity contribution in [2.24, 2.45) is 5.92 Å². The van der Waals surface area contributed by atoms with Crippen LogP contribution in [0, 0.1) is 10.7 Å². The Kier molecular flexibility index (Phi) is 7.39. The zero-order valence-corrected chi connectivity index (χ0v) is 17.7. The van der Waals surface area contributed by atoms with Gasteiger partial charge in [-0.05, 0) is 55.1 Å². The Balaban J connectivity index is 1.59. The van der Waals surface area contributed by atoms with Crippen LogP contribution in [0.3, 0.4) is 0 Å². The molecule has 1 aliphatic heterocycles. The molecule has 0 saturated carbocycles. The number of amides is 1. The largest absolute Gasteiger partial charge is 0.350 e. The molecule has 0 unspecified atom stereocenters. The number of aromatic nitrogens is 3. The van der Waals surface area contributed by atoms with Gasteiger partial charge in [-0.3, -0.25) is 19.4 Å². The molecule has 2 heterocycles. The van der Waals surface area contributed by atoms with Crippen molar-refractivity contribution in [2.45, 2.75) is 59.2 Å². The van der Waals surface area contributed by atoms with Crippen LogP contribution in [0.25, 0.3) is 0 Å². The van der Waals surface area contributed by atoms with Gasteiger partial charge in [-0.1, -0.05) is 38.1 Å². The Hall–Kier alpha value is -1.99. The fourth-order valence-electron chi connectivity index (χ4n) is 3.88. The summed E-state index contributed by atoms with van der Waals surface area (Å²) >= 11 is 5.26. The summed E-state index contributed by atoms with van der Waals surface area (Å²) < 4.78 is 2.29. The number of nitrogens with zero attached hydrogens (tertiary/aromatic N) is 3. The van der Waals surface area contributed by atoms with Crippen molar-refractivity contribution < 1.29 is 4.79 Å². The summed E-state index contributed by atoms with van der Waals surface area (Å²) in [5.74, 6) is 1.55. The van der Waals surface area contributed by atoms with Crippen molar-refractivity contribution in [1.82, 2.24) is 25.0 Å². The number of hydrogen-bond acceptors (Lipinski definition) is 4. The van der Waals surface area contributed by atoms with Gasteiger partial charge in [0.05, 0.1) is 0 Å². The molecule has 1 aromatic heterocycles. The zero-order valence-electron chi connectivity index (χ0n) is 16.9. The number of likely N-dealkylation sites (tertiary alicyclic amines) is 1. The number of hydrogen-bond donors (Lipinski definition) is 2. The van der Waals surface area contributed by atoms with E-state index in [1.54, 1.807) is 4.57 Å². The van der Waals surface area contributed by atoms with Crippen LogP contribution in [-0.4, -0.2) is 38.7 Å². The fraction of sp³-hybridized carbons (Fsp3) is 0.571. The number of nitrogens with one attached hydrogen (secondary N) is 2. The summed E-state index contributed by atoms with van der Waals surface area (Å²) in [4.78, 5) is 15.0. The van der Waals surface area contributed by atoms with Gasteiger partial charge in [-0.2, -0.15) is 5.10 Å². The number of aromatic amines is 1. The summed E-state index contributed by atoms with van der Waals surface area (Å²) in [7, 11) is 0. The molecule has 3 rings (SSSR count). The number of aryl methyl sites for hydroxylation is 1. The Morgan fingerprint density at radius 1 is 1.36 bits per heavy atom. The molecule has 7 heteroatoms. The van der Waals surface area contributed by atoms with Gasteiger partial charge >= 0.3 is 0 Å². The van der Waals surface area contributed by atoms with Crippen molar-refractivity contribution in [1.29, 1.82) is 0 Å². The maximum atomic E-state index is 12.5. The van der Waals surface area contributed by atoms with E-state index in [0.717, 1.165) is 44.2 Å². The van der Waals surface area contributed by atoms with E-state index in [0.29, 0.717) is 11.3 Å². The molecule has 1 saturated heterocycles. The minimum atomic E-state index is -0.0451. The Morgan fingerprint density at radius 2 is 2.14 bits per heavy atom. The van der Waals surface area contributed by atoms with E-state index in [1.807, 2.05) is 6.07 Å². The predicted octanol–water partition coefficient (Wildman–Crippen LogP) is 3.44. The van der Waals surface area contributed by atoms with Crippen molar-refractivity contribution in [3.05, 3.63) is 46.0 Å². The highest BCUT2D eigenvalue weighted by Gasteiger charge is 2.17. The molecule has 0 spiro atoms. The van der Waals surface area contributed by atoms with Gasteiger partial charge in [0.15, 0.2) is 4.77 Å². The second-order valence-corrected chi connectivity index (χ2v) is 8.20. The van der Waals surface area contributed by atoms with E-state index < -0.39 is 0 Å². The van der Waals surface area contributed by atoms with Crippen molar-refractivity contribution in [3.8, 4) is 0 Å². The molecule has 1 amide bonds. The van der Waals surface area contributed by atoms with Crippen LogP contribution >= 0.6 is 12.2 Å². The van der Waals surface area contributed by atoms with Crippen molar-refractivity contribution in [3.63, 3.8) is 0 Å². The van der Waals surface area contributed by atoms with Gasteiger partial charge in [0, 0.05) is 26.1 Å². The Labute approximate surface area is 172 Å². The van der Waals surface area contributed by atoms with Gasteiger partial charge in [-0.15, -0.1) is 0 Å². The highest BCUT2D eigenvalue weighted by Crippen LogP contribution is 2.19. The number of rotatable bonds is 8. The molecule has 28 heavy (non-hydrogen) atoms. The summed E-state index contributed by atoms with van der Waals surface area (Å²) in [5, 5.41) is 10.1. The van der Waals surface area contributed by atoms with Crippen LogP contribution in [-0.2, 0) is 30.8 Å². The average molecular weight is 402 g/mol. The van der Waals surface area contributed by atoms with Crippen LogP contribution in [0.2, 0.25) is 0 Å². The van der Waals surface area contributed by atoms with Crippen LogP contribution in [0.4, 0.5) is 0 Å². The minimum Gasteiger partial charge on any atom is -0.350 e. The van der Waals surface area contributed by atoms with Crippen LogP contribution in [0.15, 0.2) is 24.3 Å². The summed E-state index contributed by atoms with van der Waals surface area (Å²) in [6.07, 6.45) is 4.36. The molecule has 0 aliphatic carbocycles. The van der Waals surface area contributed by atoms with Gasteiger partial charge < -0.3 is 5.32 Å². The molecule has 152 valence electrons. The molecular weight excluding hydrogens is 370 g/mol. The smallest absolute Gasteiger partial charge is 0.240 e. The van der Waals surface area contributed by atoms with E-state index in [2.05, 4.69) is 52.5 Å². The first kappa shape index (κ1) is 20.7. The lowest BCUT2D eigenvalue weighted by Crippen LogP contribution is -2.34. The van der Waals surface area contributed by atoms with Crippen LogP contribution in [0.1, 0.15) is 50.1 Å². The normalized spacial score (nSPS) is 17.6. The first-order valence-corrected chi connectivity index (χ1v) is 10.7. The maximum absolute atomic E-state index is 12.5. The second-order valence-electron chi connectivity index (χ2n) is 7.81. The average Bonchev–Trinajstić information content (AvgIpc) is 3.01. The molecule has 2 aromatic rings. The topological polar surface area (TPSA) is 66.0 Å². The number of carbonyl (C=O) groups is 1. The molecule has 1 aromatic carbocycles. The highest BCUT2D eigenvalue weighted by atomic mass is 32.1. The lowest BCUT2D eigenvalue weighted by molar-refractivity contribution is -0.121. The molecule has 1 fully saturated rings. The van der Waals surface area contributed by atoms with E-state index >= 15 is 0 Å². The van der Waals surface area contributed by atoms with Gasteiger partial charge in [0.1, 0.15) is 12.4 Å². The molecule has 0 bridgehead atoms. The van der Waals surface area contributed by atoms with Gasteiger partial charge in [0.25, 0.3) is 0 Å². The van der Waals surface area contributed by atoms with E-state index in [-0.39, 0.29) is 12.5 Å². The summed E-state index contributed by atoms with van der Waals surface area (Å²) in [6.45, 7) is 8.41. The van der Waals surface area contributed by atoms with Crippen molar-refractivity contribution >= 4 is 18.1 Å². The molecule has 1 atom stereocenters. The SMILES string of the molecule is CCCc1n[nH]c(=S)n1CC(=O)NCc1ccccc1CN1CCC[C@@H](C)C1. The molecule has 0 radical (unpaired) electrons. The first-order chi connectivity index (χ1) is 13.6. The standard InChI is InChI=1S/C21H31N5OS/c1-3-7-19-23-24-21(28)26(19)15-20(27)22-12-17-9-4-5-10-18(17)14-25-11-6-8-16(2)13-25/h4-5,9-10,16H,3,6-8,11-15H2,1-2H3,(H,22,27)(H,24,28)/t16-/m1/s1. The second kappa shape index (κ2) is 9.98. The first-order valence-electron chi connectivity index (χ1n) is 10.3. The van der Waals surface area contributed by atoms with E-state index in [9.17, 15) is 4.79 Å². The predicted molar refractivity (Wildman–Crippen MR) is 113 cm³/mol. The van der Waals surface area contributed by atoms with E-state index in [1.165, 1.54) is 24.0 Å². The third kappa shape index (κ3) is 5.52. The summed E-state index contributed by atoms with van der Waals surface area (Å²) in [5.41, 5.74) is 2.47.